The highest BCUT2D eigenvalue weighted by Gasteiger charge is 2.35. The van der Waals surface area contributed by atoms with Gasteiger partial charge in [-0.25, -0.2) is 0 Å². The molecule has 1 saturated heterocycles. The van der Waals surface area contributed by atoms with Crippen LogP contribution < -0.4 is 0 Å². The lowest BCUT2D eigenvalue weighted by Gasteiger charge is -2.25. The second-order valence-electron chi connectivity index (χ2n) is 6.62. The summed E-state index contributed by atoms with van der Waals surface area (Å²) in [5, 5.41) is 28.2. The molecule has 1 heterocycles. The fourth-order valence-corrected chi connectivity index (χ4v) is 3.14. The molecular weight excluding hydrogens is 322 g/mol. The quantitative estimate of drug-likeness (QED) is 0.620. The zero-order valence-electron chi connectivity index (χ0n) is 14.3. The van der Waals surface area contributed by atoms with Crippen LogP contribution in [-0.2, 0) is 16.1 Å². The van der Waals surface area contributed by atoms with E-state index in [1.807, 2.05) is 37.3 Å². The number of aliphatic hydroxyl groups excluding tert-OH is 2. The number of rotatable bonds is 8. The second-order valence-corrected chi connectivity index (χ2v) is 6.62. The number of aliphatic carboxylic acids is 1. The fraction of sp³-hybridized carbons (Fsp3) is 0.474. The largest absolute Gasteiger partial charge is 0.481 e. The Balaban J connectivity index is 1.99. The van der Waals surface area contributed by atoms with Crippen LogP contribution in [0.2, 0.25) is 0 Å². The van der Waals surface area contributed by atoms with Gasteiger partial charge >= 0.3 is 5.97 Å². The minimum Gasteiger partial charge on any atom is -0.481 e. The van der Waals surface area contributed by atoms with E-state index in [2.05, 4.69) is 0 Å². The van der Waals surface area contributed by atoms with Crippen LogP contribution in [0, 0.1) is 5.92 Å². The number of nitrogens with zero attached hydrogens (tertiary/aromatic N) is 1. The average molecular weight is 347 g/mol. The van der Waals surface area contributed by atoms with Crippen molar-refractivity contribution in [3.63, 3.8) is 0 Å². The summed E-state index contributed by atoms with van der Waals surface area (Å²) < 4.78 is 0. The molecule has 136 valence electrons. The van der Waals surface area contributed by atoms with E-state index < -0.39 is 24.6 Å². The van der Waals surface area contributed by atoms with Gasteiger partial charge in [0.1, 0.15) is 0 Å². The minimum absolute atomic E-state index is 0.0451. The summed E-state index contributed by atoms with van der Waals surface area (Å²) in [6, 6.07) is 9.59. The molecule has 1 amide bonds. The highest BCUT2D eigenvalue weighted by Crippen LogP contribution is 2.28. The summed E-state index contributed by atoms with van der Waals surface area (Å²) in [4.78, 5) is 24.6. The van der Waals surface area contributed by atoms with Crippen LogP contribution >= 0.6 is 0 Å². The summed E-state index contributed by atoms with van der Waals surface area (Å²) in [6.45, 7) is 2.50. The van der Waals surface area contributed by atoms with Gasteiger partial charge in [-0.1, -0.05) is 49.4 Å². The molecule has 0 aromatic heterocycles. The van der Waals surface area contributed by atoms with Gasteiger partial charge in [-0.2, -0.15) is 0 Å². The average Bonchev–Trinajstić information content (AvgIpc) is 2.79. The molecule has 3 N–H and O–H groups in total. The maximum absolute atomic E-state index is 12.3. The van der Waals surface area contributed by atoms with E-state index in [-0.39, 0.29) is 24.3 Å². The van der Waals surface area contributed by atoms with Crippen molar-refractivity contribution in [3.8, 4) is 0 Å². The van der Waals surface area contributed by atoms with E-state index in [1.54, 1.807) is 17.1 Å². The van der Waals surface area contributed by atoms with Gasteiger partial charge in [0.2, 0.25) is 5.91 Å². The molecule has 1 aliphatic rings. The standard InChI is InChI=1S/C19H25NO5/c1-13-9-18(23)20(12-14-5-3-2-4-6-14)17(13)8-7-15(21)10-16(22)11-19(24)25/h2-8,13,15-17,21-22H,9-12H2,1H3,(H,24,25)/b8-7+/t13-,15+,16+,17-/m0/s1. The van der Waals surface area contributed by atoms with E-state index in [9.17, 15) is 19.8 Å². The lowest BCUT2D eigenvalue weighted by Crippen LogP contribution is -2.33. The Morgan fingerprint density at radius 1 is 1.32 bits per heavy atom. The van der Waals surface area contributed by atoms with Crippen molar-refractivity contribution in [1.29, 1.82) is 0 Å². The topological polar surface area (TPSA) is 98.1 Å². The third-order valence-corrected chi connectivity index (χ3v) is 4.41. The fourth-order valence-electron chi connectivity index (χ4n) is 3.14. The number of carboxylic acid groups (broad SMARTS) is 1. The second kappa shape index (κ2) is 8.78. The molecule has 4 atom stereocenters. The Kier molecular flexibility index (Phi) is 6.73. The van der Waals surface area contributed by atoms with Crippen molar-refractivity contribution in [2.24, 2.45) is 5.92 Å². The molecule has 1 aromatic carbocycles. The molecular formula is C19H25NO5. The van der Waals surface area contributed by atoms with Gasteiger partial charge in [-0.3, -0.25) is 9.59 Å². The van der Waals surface area contributed by atoms with Crippen LogP contribution in [0.4, 0.5) is 0 Å². The van der Waals surface area contributed by atoms with Crippen LogP contribution in [0.1, 0.15) is 31.7 Å². The first kappa shape index (κ1) is 19.1. The van der Waals surface area contributed by atoms with E-state index >= 15 is 0 Å². The van der Waals surface area contributed by atoms with E-state index in [4.69, 9.17) is 5.11 Å². The molecule has 0 unspecified atom stereocenters. The molecule has 0 saturated carbocycles. The molecule has 1 fully saturated rings. The number of carbonyl (C=O) groups is 2. The minimum atomic E-state index is -1.10. The van der Waals surface area contributed by atoms with Crippen LogP contribution in [-0.4, -0.2) is 50.3 Å². The van der Waals surface area contributed by atoms with Crippen molar-refractivity contribution >= 4 is 11.9 Å². The SMILES string of the molecule is C[C@H]1CC(=O)N(Cc2ccccc2)[C@H]1/C=C/[C@@H](O)C[C@@H](O)CC(=O)O. The number of hydrogen-bond acceptors (Lipinski definition) is 4. The predicted molar refractivity (Wildman–Crippen MR) is 92.6 cm³/mol. The monoisotopic (exact) mass is 347 g/mol. The number of aliphatic hydroxyl groups is 2. The van der Waals surface area contributed by atoms with Crippen molar-refractivity contribution in [3.05, 3.63) is 48.0 Å². The lowest BCUT2D eigenvalue weighted by molar-refractivity contribution is -0.139. The van der Waals surface area contributed by atoms with E-state index in [0.29, 0.717) is 13.0 Å². The molecule has 6 heteroatoms. The number of carbonyl (C=O) groups excluding carboxylic acids is 1. The Hall–Kier alpha value is -2.18. The molecule has 6 nitrogen and oxygen atoms in total. The Labute approximate surface area is 147 Å². The van der Waals surface area contributed by atoms with Crippen LogP contribution in [0.25, 0.3) is 0 Å². The van der Waals surface area contributed by atoms with Crippen LogP contribution in [0.5, 0.6) is 0 Å². The first-order chi connectivity index (χ1) is 11.9. The molecule has 0 radical (unpaired) electrons. The first-order valence-corrected chi connectivity index (χ1v) is 8.46. The molecule has 25 heavy (non-hydrogen) atoms. The number of hydrogen-bond donors (Lipinski definition) is 3. The lowest BCUT2D eigenvalue weighted by atomic mass is 10.0. The summed E-state index contributed by atoms with van der Waals surface area (Å²) in [5.74, 6) is -0.900. The zero-order chi connectivity index (χ0) is 18.4. The third kappa shape index (κ3) is 5.69. The first-order valence-electron chi connectivity index (χ1n) is 8.46. The molecule has 1 aliphatic heterocycles. The van der Waals surface area contributed by atoms with Crippen molar-refractivity contribution < 1.29 is 24.9 Å². The predicted octanol–water partition coefficient (Wildman–Crippen LogP) is 1.57. The normalized spacial score (nSPS) is 23.2. The van der Waals surface area contributed by atoms with Gasteiger partial charge in [-0.05, 0) is 11.5 Å². The van der Waals surface area contributed by atoms with E-state index in [1.165, 1.54) is 0 Å². The maximum Gasteiger partial charge on any atom is 0.305 e. The van der Waals surface area contributed by atoms with Crippen LogP contribution in [0.15, 0.2) is 42.5 Å². The van der Waals surface area contributed by atoms with Gasteiger partial charge < -0.3 is 20.2 Å². The summed E-state index contributed by atoms with van der Waals surface area (Å²) >= 11 is 0. The zero-order valence-corrected chi connectivity index (χ0v) is 14.3. The number of benzene rings is 1. The van der Waals surface area contributed by atoms with Crippen molar-refractivity contribution in [2.75, 3.05) is 0 Å². The van der Waals surface area contributed by atoms with Gasteiger partial charge in [0.25, 0.3) is 0 Å². The van der Waals surface area contributed by atoms with E-state index in [0.717, 1.165) is 5.56 Å². The Morgan fingerprint density at radius 2 is 2.00 bits per heavy atom. The smallest absolute Gasteiger partial charge is 0.305 e. The number of carboxylic acids is 1. The molecule has 0 spiro atoms. The molecule has 1 aromatic rings. The van der Waals surface area contributed by atoms with Crippen molar-refractivity contribution in [2.45, 2.75) is 51.0 Å². The van der Waals surface area contributed by atoms with Gasteiger partial charge in [0.15, 0.2) is 0 Å². The Morgan fingerprint density at radius 3 is 2.64 bits per heavy atom. The number of likely N-dealkylation sites (tertiary alicyclic amines) is 1. The Bertz CT molecular complexity index is 616. The summed E-state index contributed by atoms with van der Waals surface area (Å²) in [6.07, 6.45) is 1.30. The van der Waals surface area contributed by atoms with Crippen molar-refractivity contribution in [1.82, 2.24) is 4.90 Å². The van der Waals surface area contributed by atoms with Gasteiger partial charge in [-0.15, -0.1) is 0 Å². The maximum atomic E-state index is 12.3. The van der Waals surface area contributed by atoms with Gasteiger partial charge in [0, 0.05) is 19.4 Å². The molecule has 0 bridgehead atoms. The number of amides is 1. The highest BCUT2D eigenvalue weighted by atomic mass is 16.4. The summed E-state index contributed by atoms with van der Waals surface area (Å²) in [7, 11) is 0. The molecule has 0 aliphatic carbocycles. The van der Waals surface area contributed by atoms with Gasteiger partial charge in [0.05, 0.1) is 24.7 Å². The molecule has 2 rings (SSSR count). The highest BCUT2D eigenvalue weighted by molar-refractivity contribution is 5.79. The van der Waals surface area contributed by atoms with Crippen LogP contribution in [0.3, 0.4) is 0 Å². The third-order valence-electron chi connectivity index (χ3n) is 4.41. The summed E-state index contributed by atoms with van der Waals surface area (Å²) in [5.41, 5.74) is 1.04.